The van der Waals surface area contributed by atoms with Crippen LogP contribution in [0.15, 0.2) is 0 Å². The molecule has 6 nitrogen and oxygen atoms in total. The van der Waals surface area contributed by atoms with Crippen molar-refractivity contribution < 1.29 is 27.6 Å². The van der Waals surface area contributed by atoms with Crippen LogP contribution in [-0.2, 0) is 22.7 Å². The average molecular weight is 216 g/mol. The third-order valence-corrected chi connectivity index (χ3v) is 1.85. The van der Waals surface area contributed by atoms with Crippen molar-refractivity contribution in [1.29, 1.82) is 0 Å². The minimum Gasteiger partial charge on any atom is -0.133 e. The fourth-order valence-corrected chi connectivity index (χ4v) is 1.08. The quantitative estimate of drug-likeness (QED) is 0.537. The molecule has 8 heteroatoms. The molecule has 0 bridgehead atoms. The van der Waals surface area contributed by atoms with E-state index in [0.717, 1.165) is 0 Å². The van der Waals surface area contributed by atoms with Gasteiger partial charge in [-0.15, -0.1) is 9.42 Å². The average Bonchev–Trinajstić information content (AvgIpc) is 1.84. The van der Waals surface area contributed by atoms with Gasteiger partial charge in [-0.05, 0) is 13.8 Å². The van der Waals surface area contributed by atoms with Gasteiger partial charge in [0.05, 0.1) is 0 Å². The van der Waals surface area contributed by atoms with Crippen molar-refractivity contribution >= 4 is 16.5 Å². The van der Waals surface area contributed by atoms with Crippen LogP contribution in [0.5, 0.6) is 0 Å². The zero-order valence-electron chi connectivity index (χ0n) is 6.67. The van der Waals surface area contributed by atoms with Crippen LogP contribution < -0.4 is 0 Å². The summed E-state index contributed by atoms with van der Waals surface area (Å²) in [5, 5.41) is 0. The highest BCUT2D eigenvalue weighted by atomic mass is 31.1. The first-order valence-corrected chi connectivity index (χ1v) is 5.31. The molecule has 0 saturated heterocycles. The molecule has 0 rings (SSSR count). The number of hydrogen-bond donors (Lipinski definition) is 1. The molecule has 0 aromatic heterocycles. The second-order valence-electron chi connectivity index (χ2n) is 1.99. The van der Waals surface area contributed by atoms with Gasteiger partial charge in [-0.3, -0.25) is 0 Å². The van der Waals surface area contributed by atoms with E-state index in [9.17, 15) is 9.13 Å². The highest BCUT2D eigenvalue weighted by Gasteiger charge is 2.25. The maximum Gasteiger partial charge on any atom is 0.700 e. The van der Waals surface area contributed by atoms with Crippen molar-refractivity contribution in [3.05, 3.63) is 0 Å². The number of hydrogen-bond acceptors (Lipinski definition) is 5. The Bertz CT molecular complexity index is 169. The molecule has 0 spiro atoms. The highest BCUT2D eigenvalue weighted by Crippen LogP contribution is 2.27. The summed E-state index contributed by atoms with van der Waals surface area (Å²) >= 11 is 0. The molecule has 0 amide bonds. The highest BCUT2D eigenvalue weighted by molar-refractivity contribution is 7.33. The van der Waals surface area contributed by atoms with Gasteiger partial charge in [-0.2, -0.15) is 0 Å². The van der Waals surface area contributed by atoms with E-state index in [0.29, 0.717) is 0 Å². The van der Waals surface area contributed by atoms with Gasteiger partial charge in [0.25, 0.3) is 6.79 Å². The molecule has 0 aliphatic rings. The van der Waals surface area contributed by atoms with Gasteiger partial charge in [0.2, 0.25) is 0 Å². The molecule has 1 N–H and O–H groups in total. The van der Waals surface area contributed by atoms with Crippen molar-refractivity contribution in [2.24, 2.45) is 0 Å². The molecule has 0 aromatic carbocycles. The third kappa shape index (κ3) is 8.14. The lowest BCUT2D eigenvalue weighted by atomic mass is 10.5. The van der Waals surface area contributed by atoms with E-state index < -0.39 is 23.3 Å². The molecule has 2 unspecified atom stereocenters. The molecular weight excluding hydrogens is 206 g/mol. The Morgan fingerprint density at radius 3 is 2.33 bits per heavy atom. The second-order valence-corrected chi connectivity index (χ2v) is 3.64. The summed E-state index contributed by atoms with van der Waals surface area (Å²) in [6.07, 6.45) is -0.225. The third-order valence-electron chi connectivity index (χ3n) is 0.618. The predicted molar refractivity (Wildman–Crippen MR) is 40.7 cm³/mol. The Labute approximate surface area is 71.7 Å². The summed E-state index contributed by atoms with van der Waals surface area (Å²) in [6.45, 7) is 2.85. The zero-order chi connectivity index (χ0) is 9.56. The molecule has 0 fully saturated rings. The maximum absolute atomic E-state index is 10.7. The van der Waals surface area contributed by atoms with E-state index in [1.54, 1.807) is 13.8 Å². The summed E-state index contributed by atoms with van der Waals surface area (Å²) in [7, 11) is -4.98. The van der Waals surface area contributed by atoms with Crippen molar-refractivity contribution in [2.75, 3.05) is 6.79 Å². The Hall–Kier alpha value is 0.0400. The van der Waals surface area contributed by atoms with Crippen molar-refractivity contribution in [1.82, 2.24) is 0 Å². The lowest BCUT2D eigenvalue weighted by Gasteiger charge is -1.90. The Balaban J connectivity index is 3.38. The van der Waals surface area contributed by atoms with Gasteiger partial charge in [-0.1, -0.05) is 9.05 Å². The lowest BCUT2D eigenvalue weighted by molar-refractivity contribution is 0.0926. The lowest BCUT2D eigenvalue weighted by Crippen LogP contribution is -1.97. The molecule has 2 atom stereocenters. The minimum atomic E-state index is -2.71. The summed E-state index contributed by atoms with van der Waals surface area (Å²) in [6, 6.07) is 0. The van der Waals surface area contributed by atoms with E-state index in [-0.39, 0.29) is 6.10 Å². The molecule has 0 aliphatic heterocycles. The molecule has 70 valence electrons. The molecular formula is C4H10O6P2+2. The Morgan fingerprint density at radius 2 is 1.92 bits per heavy atom. The zero-order valence-corrected chi connectivity index (χ0v) is 8.46. The van der Waals surface area contributed by atoms with Crippen LogP contribution in [0.4, 0.5) is 0 Å². The Morgan fingerprint density at radius 1 is 1.33 bits per heavy atom. The topological polar surface area (TPSA) is 82.1 Å². The van der Waals surface area contributed by atoms with Gasteiger partial charge in [0.1, 0.15) is 6.10 Å². The largest absolute Gasteiger partial charge is 0.700 e. The van der Waals surface area contributed by atoms with Gasteiger partial charge < -0.3 is 0 Å². The fourth-order valence-electron chi connectivity index (χ4n) is 0.314. The number of rotatable bonds is 6. The molecule has 12 heavy (non-hydrogen) atoms. The molecule has 0 radical (unpaired) electrons. The van der Waals surface area contributed by atoms with Crippen molar-refractivity contribution in [2.45, 2.75) is 20.0 Å². The van der Waals surface area contributed by atoms with E-state index in [2.05, 4.69) is 13.6 Å². The maximum atomic E-state index is 10.7. The van der Waals surface area contributed by atoms with Gasteiger partial charge >= 0.3 is 16.5 Å². The van der Waals surface area contributed by atoms with Crippen molar-refractivity contribution in [3.8, 4) is 0 Å². The van der Waals surface area contributed by atoms with E-state index in [1.807, 2.05) is 0 Å². The predicted octanol–water partition coefficient (Wildman–Crippen LogP) is 1.71. The monoisotopic (exact) mass is 216 g/mol. The van der Waals surface area contributed by atoms with Crippen LogP contribution >= 0.6 is 16.5 Å². The van der Waals surface area contributed by atoms with E-state index >= 15 is 0 Å². The van der Waals surface area contributed by atoms with E-state index in [1.165, 1.54) is 0 Å². The first kappa shape index (κ1) is 12.0. The van der Waals surface area contributed by atoms with Gasteiger partial charge in [0.15, 0.2) is 0 Å². The SMILES string of the molecule is CC(C)O[P+](=O)OCO[P+](=O)O. The van der Waals surface area contributed by atoms with Crippen LogP contribution in [0.25, 0.3) is 0 Å². The van der Waals surface area contributed by atoms with Crippen molar-refractivity contribution in [3.63, 3.8) is 0 Å². The summed E-state index contributed by atoms with van der Waals surface area (Å²) in [5.74, 6) is 0. The second kappa shape index (κ2) is 6.54. The summed E-state index contributed by atoms with van der Waals surface area (Å²) in [5.41, 5.74) is 0. The van der Waals surface area contributed by atoms with Gasteiger partial charge in [-0.25, -0.2) is 0 Å². The first-order chi connectivity index (χ1) is 5.52. The summed E-state index contributed by atoms with van der Waals surface area (Å²) < 4.78 is 33.7. The smallest absolute Gasteiger partial charge is 0.133 e. The molecule has 0 heterocycles. The normalized spacial score (nSPS) is 13.3. The fraction of sp³-hybridized carbons (Fsp3) is 1.00. The summed E-state index contributed by atoms with van der Waals surface area (Å²) in [4.78, 5) is 8.12. The molecule has 0 saturated carbocycles. The van der Waals surface area contributed by atoms with Crippen LogP contribution in [-0.4, -0.2) is 17.8 Å². The first-order valence-electron chi connectivity index (χ1n) is 3.08. The standard InChI is InChI=1S/C4H9O6P2/c1-4(2)10-12(7)9-3-8-11(5)6/h4H,3H2,1-2H3/q+1/p+1. The van der Waals surface area contributed by atoms with E-state index in [4.69, 9.17) is 4.89 Å². The van der Waals surface area contributed by atoms with Gasteiger partial charge in [0, 0.05) is 9.13 Å². The Kier molecular flexibility index (Phi) is 6.57. The van der Waals surface area contributed by atoms with Crippen LogP contribution in [0, 0.1) is 0 Å². The minimum absolute atomic E-state index is 0.225. The van der Waals surface area contributed by atoms with Crippen LogP contribution in [0.1, 0.15) is 13.8 Å². The molecule has 0 aromatic rings. The van der Waals surface area contributed by atoms with Crippen LogP contribution in [0.3, 0.4) is 0 Å². The molecule has 0 aliphatic carbocycles. The van der Waals surface area contributed by atoms with Crippen LogP contribution in [0.2, 0.25) is 0 Å².